The van der Waals surface area contributed by atoms with Crippen molar-refractivity contribution in [2.75, 3.05) is 19.8 Å². The number of carbonyl (C=O) groups excluding carboxylic acids is 1. The smallest absolute Gasteiger partial charge is 0.273 e. The Morgan fingerprint density at radius 3 is 2.41 bits per heavy atom. The van der Waals surface area contributed by atoms with Crippen molar-refractivity contribution in [1.29, 1.82) is 0 Å². The number of rotatable bonds is 10. The molecule has 1 N–H and O–H groups in total. The molecule has 3 rings (SSSR count). The molecule has 0 spiro atoms. The van der Waals surface area contributed by atoms with Crippen LogP contribution in [-0.4, -0.2) is 40.7 Å². The summed E-state index contributed by atoms with van der Waals surface area (Å²) in [7, 11) is 0. The van der Waals surface area contributed by atoms with Crippen molar-refractivity contribution >= 4 is 5.91 Å². The van der Waals surface area contributed by atoms with E-state index in [-0.39, 0.29) is 5.91 Å². The van der Waals surface area contributed by atoms with Gasteiger partial charge in [-0.3, -0.25) is 4.79 Å². The lowest BCUT2D eigenvalue weighted by molar-refractivity contribution is 0.0937. The highest BCUT2D eigenvalue weighted by Gasteiger charge is 2.10. The summed E-state index contributed by atoms with van der Waals surface area (Å²) in [4.78, 5) is 12.1. The van der Waals surface area contributed by atoms with Crippen molar-refractivity contribution in [3.63, 3.8) is 0 Å². The monoisotopic (exact) mass is 364 g/mol. The van der Waals surface area contributed by atoms with E-state index < -0.39 is 0 Å². The van der Waals surface area contributed by atoms with Gasteiger partial charge >= 0.3 is 0 Å². The fourth-order valence-electron chi connectivity index (χ4n) is 2.65. The average molecular weight is 364 g/mol. The van der Waals surface area contributed by atoms with E-state index in [1.165, 1.54) is 5.56 Å². The Balaban J connectivity index is 1.30. The van der Waals surface area contributed by atoms with Gasteiger partial charge in [-0.1, -0.05) is 65.9 Å². The molecule has 1 amide bonds. The van der Waals surface area contributed by atoms with Gasteiger partial charge in [0.25, 0.3) is 5.91 Å². The third kappa shape index (κ3) is 6.34. The molecule has 6 heteroatoms. The van der Waals surface area contributed by atoms with E-state index in [4.69, 9.17) is 4.74 Å². The number of hydrogen-bond donors (Lipinski definition) is 1. The van der Waals surface area contributed by atoms with Crippen LogP contribution >= 0.6 is 0 Å². The van der Waals surface area contributed by atoms with Gasteiger partial charge in [-0.15, -0.1) is 5.10 Å². The van der Waals surface area contributed by atoms with Crippen LogP contribution in [0.3, 0.4) is 0 Å². The quantitative estimate of drug-likeness (QED) is 0.562. The summed E-state index contributed by atoms with van der Waals surface area (Å²) in [6, 6.07) is 20.2. The number of amides is 1. The van der Waals surface area contributed by atoms with Gasteiger partial charge in [-0.25, -0.2) is 4.68 Å². The first-order valence-electron chi connectivity index (χ1n) is 9.15. The number of aromatic nitrogens is 3. The molecule has 0 aliphatic carbocycles. The summed E-state index contributed by atoms with van der Waals surface area (Å²) < 4.78 is 7.28. The van der Waals surface area contributed by atoms with Gasteiger partial charge in [0.2, 0.25) is 0 Å². The average Bonchev–Trinajstić information content (AvgIpc) is 3.17. The number of ether oxygens (including phenoxy) is 1. The molecule has 0 fully saturated rings. The van der Waals surface area contributed by atoms with Gasteiger partial charge < -0.3 is 10.1 Å². The van der Waals surface area contributed by atoms with Crippen molar-refractivity contribution in [1.82, 2.24) is 20.3 Å². The summed E-state index contributed by atoms with van der Waals surface area (Å²) >= 11 is 0. The third-order valence-electron chi connectivity index (χ3n) is 4.09. The summed E-state index contributed by atoms with van der Waals surface area (Å²) in [6.45, 7) is 2.45. The normalized spacial score (nSPS) is 10.7. The van der Waals surface area contributed by atoms with Gasteiger partial charge in [-0.2, -0.15) is 0 Å². The molecule has 1 heterocycles. The van der Waals surface area contributed by atoms with E-state index in [0.29, 0.717) is 32.0 Å². The molecule has 3 aromatic rings. The van der Waals surface area contributed by atoms with Gasteiger partial charge in [0.15, 0.2) is 5.69 Å². The van der Waals surface area contributed by atoms with Gasteiger partial charge in [-0.05, 0) is 24.0 Å². The molecular weight excluding hydrogens is 340 g/mol. The zero-order chi connectivity index (χ0) is 18.7. The van der Waals surface area contributed by atoms with Crippen molar-refractivity contribution in [3.8, 4) is 0 Å². The van der Waals surface area contributed by atoms with Crippen LogP contribution in [0, 0.1) is 0 Å². The Kier molecular flexibility index (Phi) is 7.12. The van der Waals surface area contributed by atoms with Crippen molar-refractivity contribution in [2.24, 2.45) is 0 Å². The number of benzene rings is 2. The first-order valence-corrected chi connectivity index (χ1v) is 9.15. The predicted molar refractivity (Wildman–Crippen MR) is 103 cm³/mol. The Bertz CT molecular complexity index is 818. The van der Waals surface area contributed by atoms with E-state index in [1.54, 1.807) is 10.9 Å². The first-order chi connectivity index (χ1) is 13.3. The number of nitrogens with one attached hydrogen (secondary N) is 1. The van der Waals surface area contributed by atoms with Crippen LogP contribution in [0.2, 0.25) is 0 Å². The van der Waals surface area contributed by atoms with Gasteiger partial charge in [0.05, 0.1) is 19.3 Å². The maximum absolute atomic E-state index is 12.1. The maximum Gasteiger partial charge on any atom is 0.273 e. The second-order valence-electron chi connectivity index (χ2n) is 6.24. The second-order valence-corrected chi connectivity index (χ2v) is 6.24. The van der Waals surface area contributed by atoms with Crippen molar-refractivity contribution in [3.05, 3.63) is 83.7 Å². The molecule has 2 aromatic carbocycles. The molecule has 140 valence electrons. The van der Waals surface area contributed by atoms with E-state index in [9.17, 15) is 4.79 Å². The van der Waals surface area contributed by atoms with Crippen molar-refractivity contribution in [2.45, 2.75) is 19.4 Å². The Hall–Kier alpha value is -2.99. The van der Waals surface area contributed by atoms with Crippen molar-refractivity contribution < 1.29 is 9.53 Å². The summed E-state index contributed by atoms with van der Waals surface area (Å²) in [5, 5.41) is 10.8. The molecule has 0 aliphatic heterocycles. The molecule has 0 aliphatic rings. The van der Waals surface area contributed by atoms with E-state index in [1.807, 2.05) is 48.5 Å². The highest BCUT2D eigenvalue weighted by atomic mass is 16.5. The standard InChI is InChI=1S/C21H24N4O2/c26-21(20-17-25(24-23-20)16-19-10-5-2-6-11-19)22-13-7-14-27-15-12-18-8-3-1-4-9-18/h1-6,8-11,17H,7,12-16H2,(H,22,26). The lowest BCUT2D eigenvalue weighted by Gasteiger charge is -2.05. The summed E-state index contributed by atoms with van der Waals surface area (Å²) in [5.41, 5.74) is 2.71. The topological polar surface area (TPSA) is 69.0 Å². The van der Waals surface area contributed by atoms with E-state index in [0.717, 1.165) is 18.4 Å². The zero-order valence-corrected chi connectivity index (χ0v) is 15.3. The zero-order valence-electron chi connectivity index (χ0n) is 15.3. The highest BCUT2D eigenvalue weighted by molar-refractivity contribution is 5.91. The Morgan fingerprint density at radius 2 is 1.67 bits per heavy atom. The molecule has 1 aromatic heterocycles. The maximum atomic E-state index is 12.1. The van der Waals surface area contributed by atoms with Gasteiger partial charge in [0.1, 0.15) is 0 Å². The van der Waals surface area contributed by atoms with Crippen LogP contribution in [0.1, 0.15) is 28.0 Å². The Morgan fingerprint density at radius 1 is 0.963 bits per heavy atom. The minimum atomic E-state index is -0.210. The number of carbonyl (C=O) groups is 1. The molecule has 0 bridgehead atoms. The molecule has 0 unspecified atom stereocenters. The fourth-order valence-corrected chi connectivity index (χ4v) is 2.65. The second kappa shape index (κ2) is 10.2. The van der Waals surface area contributed by atoms with Gasteiger partial charge in [0, 0.05) is 13.2 Å². The highest BCUT2D eigenvalue weighted by Crippen LogP contribution is 2.02. The molecule has 0 saturated carbocycles. The molecule has 0 atom stereocenters. The summed E-state index contributed by atoms with van der Waals surface area (Å²) in [6.07, 6.45) is 3.33. The lowest BCUT2D eigenvalue weighted by Crippen LogP contribution is -2.25. The van der Waals surface area contributed by atoms with Crippen LogP contribution in [0.15, 0.2) is 66.9 Å². The molecule has 27 heavy (non-hydrogen) atoms. The first kappa shape index (κ1) is 18.8. The lowest BCUT2D eigenvalue weighted by atomic mass is 10.2. The minimum absolute atomic E-state index is 0.210. The van der Waals surface area contributed by atoms with Crippen LogP contribution in [-0.2, 0) is 17.7 Å². The molecular formula is C21H24N4O2. The van der Waals surface area contributed by atoms with Crippen LogP contribution in [0.25, 0.3) is 0 Å². The molecule has 0 saturated heterocycles. The molecule has 6 nitrogen and oxygen atoms in total. The largest absolute Gasteiger partial charge is 0.381 e. The molecule has 0 radical (unpaired) electrons. The SMILES string of the molecule is O=C(NCCCOCCc1ccccc1)c1cn(Cc2ccccc2)nn1. The predicted octanol–water partition coefficient (Wildman–Crippen LogP) is 2.71. The van der Waals surface area contributed by atoms with E-state index in [2.05, 4.69) is 27.8 Å². The third-order valence-corrected chi connectivity index (χ3v) is 4.09. The van der Waals surface area contributed by atoms with Crippen LogP contribution in [0.5, 0.6) is 0 Å². The van der Waals surface area contributed by atoms with E-state index >= 15 is 0 Å². The Labute approximate surface area is 159 Å². The van der Waals surface area contributed by atoms with Crippen LogP contribution in [0.4, 0.5) is 0 Å². The van der Waals surface area contributed by atoms with Crippen LogP contribution < -0.4 is 5.32 Å². The fraction of sp³-hybridized carbons (Fsp3) is 0.286. The number of hydrogen-bond acceptors (Lipinski definition) is 4. The minimum Gasteiger partial charge on any atom is -0.381 e. The number of nitrogens with zero attached hydrogens (tertiary/aromatic N) is 3. The summed E-state index contributed by atoms with van der Waals surface area (Å²) in [5.74, 6) is -0.210.